The molecular formula is C11H7F4NO2. The summed E-state index contributed by atoms with van der Waals surface area (Å²) in [6.45, 7) is 0. The second-order valence-electron chi connectivity index (χ2n) is 3.75. The van der Waals surface area contributed by atoms with E-state index < -0.39 is 29.4 Å². The number of fused-ring (bicyclic) bond motifs is 1. The molecule has 1 aromatic heterocycles. The van der Waals surface area contributed by atoms with Crippen LogP contribution in [-0.4, -0.2) is 22.2 Å². The van der Waals surface area contributed by atoms with Gasteiger partial charge in [-0.3, -0.25) is 4.79 Å². The number of alkyl halides is 3. The molecule has 3 nitrogen and oxygen atoms in total. The van der Waals surface area contributed by atoms with Crippen LogP contribution in [0.1, 0.15) is 11.5 Å². The molecule has 0 saturated carbocycles. The fourth-order valence-corrected chi connectivity index (χ4v) is 1.80. The molecule has 0 fully saturated rings. The first kappa shape index (κ1) is 12.4. The molecule has 96 valence electrons. The number of hydrogen-bond acceptors (Lipinski definition) is 1. The number of aliphatic carboxylic acids is 1. The van der Waals surface area contributed by atoms with Crippen LogP contribution in [0.15, 0.2) is 24.4 Å². The van der Waals surface area contributed by atoms with Gasteiger partial charge in [-0.2, -0.15) is 13.2 Å². The highest BCUT2D eigenvalue weighted by atomic mass is 19.4. The minimum Gasteiger partial charge on any atom is -0.481 e. The molecule has 1 unspecified atom stereocenters. The van der Waals surface area contributed by atoms with E-state index in [-0.39, 0.29) is 10.9 Å². The molecule has 0 aliphatic heterocycles. The summed E-state index contributed by atoms with van der Waals surface area (Å²) in [5.41, 5.74) is -0.244. The monoisotopic (exact) mass is 261 g/mol. The van der Waals surface area contributed by atoms with Crippen molar-refractivity contribution in [2.24, 2.45) is 0 Å². The molecule has 0 bridgehead atoms. The molecule has 1 atom stereocenters. The maximum Gasteiger partial charge on any atom is 0.406 e. The minimum absolute atomic E-state index is 0.0836. The molecule has 1 heterocycles. The van der Waals surface area contributed by atoms with E-state index in [1.54, 1.807) is 0 Å². The number of H-pyrrole nitrogens is 1. The molecule has 1 aromatic carbocycles. The molecule has 2 N–H and O–H groups in total. The first-order valence-corrected chi connectivity index (χ1v) is 4.87. The van der Waals surface area contributed by atoms with Gasteiger partial charge in [0, 0.05) is 22.7 Å². The first-order valence-electron chi connectivity index (χ1n) is 4.87. The number of nitrogens with one attached hydrogen (secondary N) is 1. The Morgan fingerprint density at radius 1 is 1.33 bits per heavy atom. The highest BCUT2D eigenvalue weighted by Crippen LogP contribution is 2.38. The van der Waals surface area contributed by atoms with Crippen LogP contribution in [0, 0.1) is 5.82 Å². The van der Waals surface area contributed by atoms with Crippen molar-refractivity contribution in [1.29, 1.82) is 0 Å². The average molecular weight is 261 g/mol. The van der Waals surface area contributed by atoms with E-state index >= 15 is 0 Å². The van der Waals surface area contributed by atoms with Crippen LogP contribution in [0.25, 0.3) is 10.9 Å². The first-order chi connectivity index (χ1) is 8.30. The summed E-state index contributed by atoms with van der Waals surface area (Å²) in [7, 11) is 0. The van der Waals surface area contributed by atoms with E-state index in [1.165, 1.54) is 6.07 Å². The van der Waals surface area contributed by atoms with Gasteiger partial charge in [0.15, 0.2) is 5.92 Å². The predicted octanol–water partition coefficient (Wildman–Crippen LogP) is 3.04. The molecule has 0 spiro atoms. The fourth-order valence-electron chi connectivity index (χ4n) is 1.80. The van der Waals surface area contributed by atoms with Gasteiger partial charge in [-0.1, -0.05) is 0 Å². The van der Waals surface area contributed by atoms with Crippen LogP contribution >= 0.6 is 0 Å². The van der Waals surface area contributed by atoms with E-state index in [2.05, 4.69) is 4.98 Å². The van der Waals surface area contributed by atoms with E-state index in [9.17, 15) is 22.4 Å². The molecule has 18 heavy (non-hydrogen) atoms. The Kier molecular flexibility index (Phi) is 2.76. The summed E-state index contributed by atoms with van der Waals surface area (Å²) in [6, 6.07) is 3.21. The SMILES string of the molecule is O=C(O)C(c1c[nH]c2ccc(F)cc12)C(F)(F)F. The standard InChI is InChI=1S/C11H7F4NO2/c12-5-1-2-8-6(3-5)7(4-16-8)9(10(17)18)11(13,14)15/h1-4,9,16H,(H,17,18). The third-order valence-corrected chi connectivity index (χ3v) is 2.56. The Bertz CT molecular complexity index is 603. The molecule has 7 heteroatoms. The number of carbonyl (C=O) groups is 1. The molecule has 2 aromatic rings. The van der Waals surface area contributed by atoms with Gasteiger partial charge in [0.1, 0.15) is 5.82 Å². The summed E-state index contributed by atoms with van der Waals surface area (Å²) in [4.78, 5) is 13.2. The van der Waals surface area contributed by atoms with Gasteiger partial charge in [0.25, 0.3) is 0 Å². The van der Waals surface area contributed by atoms with Gasteiger partial charge in [-0.15, -0.1) is 0 Å². The van der Waals surface area contributed by atoms with E-state index in [0.29, 0.717) is 0 Å². The van der Waals surface area contributed by atoms with Crippen molar-refractivity contribution in [3.8, 4) is 0 Å². The van der Waals surface area contributed by atoms with Crippen LogP contribution in [-0.2, 0) is 4.79 Å². The molecule has 0 amide bonds. The second-order valence-corrected chi connectivity index (χ2v) is 3.75. The van der Waals surface area contributed by atoms with E-state index in [0.717, 1.165) is 18.3 Å². The van der Waals surface area contributed by atoms with Crippen molar-refractivity contribution in [2.75, 3.05) is 0 Å². The number of rotatable bonds is 2. The lowest BCUT2D eigenvalue weighted by molar-refractivity contribution is -0.176. The number of carboxylic acids is 1. The van der Waals surface area contributed by atoms with Crippen molar-refractivity contribution in [1.82, 2.24) is 4.98 Å². The summed E-state index contributed by atoms with van der Waals surface area (Å²) in [6.07, 6.45) is -4.00. The number of halogens is 4. The van der Waals surface area contributed by atoms with Gasteiger partial charge in [0.2, 0.25) is 0 Å². The summed E-state index contributed by atoms with van der Waals surface area (Å²) >= 11 is 0. The Morgan fingerprint density at radius 3 is 2.56 bits per heavy atom. The van der Waals surface area contributed by atoms with Crippen molar-refractivity contribution < 1.29 is 27.5 Å². The molecule has 2 rings (SSSR count). The number of aromatic amines is 1. The van der Waals surface area contributed by atoms with Crippen molar-refractivity contribution in [3.05, 3.63) is 35.8 Å². The van der Waals surface area contributed by atoms with Gasteiger partial charge in [-0.25, -0.2) is 4.39 Å². The molecule has 0 aliphatic rings. The Balaban J connectivity index is 2.65. The number of aromatic nitrogens is 1. The topological polar surface area (TPSA) is 53.1 Å². The summed E-state index contributed by atoms with van der Waals surface area (Å²) in [5, 5.41) is 8.60. The lowest BCUT2D eigenvalue weighted by Crippen LogP contribution is -2.28. The molecule has 0 aliphatic carbocycles. The summed E-state index contributed by atoms with van der Waals surface area (Å²) in [5.74, 6) is -5.42. The predicted molar refractivity (Wildman–Crippen MR) is 54.7 cm³/mol. The van der Waals surface area contributed by atoms with Crippen molar-refractivity contribution >= 4 is 16.9 Å². The Labute approximate surface area is 98.0 Å². The van der Waals surface area contributed by atoms with Crippen molar-refractivity contribution in [3.63, 3.8) is 0 Å². The zero-order chi connectivity index (χ0) is 13.5. The summed E-state index contributed by atoms with van der Waals surface area (Å²) < 4.78 is 51.0. The van der Waals surface area contributed by atoms with E-state index in [1.807, 2.05) is 0 Å². The highest BCUT2D eigenvalue weighted by molar-refractivity contribution is 5.89. The van der Waals surface area contributed by atoms with Gasteiger partial charge >= 0.3 is 12.1 Å². The van der Waals surface area contributed by atoms with Gasteiger partial charge < -0.3 is 10.1 Å². The highest BCUT2D eigenvalue weighted by Gasteiger charge is 2.47. The maximum atomic E-state index is 13.0. The van der Waals surface area contributed by atoms with Crippen LogP contribution < -0.4 is 0 Å². The van der Waals surface area contributed by atoms with Gasteiger partial charge in [-0.05, 0) is 18.2 Å². The zero-order valence-corrected chi connectivity index (χ0v) is 8.75. The number of carboxylic acid groups (broad SMARTS) is 1. The van der Waals surface area contributed by atoms with Crippen LogP contribution in [0.4, 0.5) is 17.6 Å². The molecule has 0 saturated heterocycles. The largest absolute Gasteiger partial charge is 0.481 e. The molecule has 0 radical (unpaired) electrons. The Hall–Kier alpha value is -2.05. The Morgan fingerprint density at radius 2 is 2.00 bits per heavy atom. The van der Waals surface area contributed by atoms with E-state index in [4.69, 9.17) is 5.11 Å². The van der Waals surface area contributed by atoms with Crippen LogP contribution in [0.5, 0.6) is 0 Å². The molecular weight excluding hydrogens is 254 g/mol. The van der Waals surface area contributed by atoms with Crippen LogP contribution in [0.2, 0.25) is 0 Å². The third-order valence-electron chi connectivity index (χ3n) is 2.56. The second kappa shape index (κ2) is 4.01. The third kappa shape index (κ3) is 2.03. The normalized spacial score (nSPS) is 13.8. The van der Waals surface area contributed by atoms with Crippen molar-refractivity contribution in [2.45, 2.75) is 12.1 Å². The quantitative estimate of drug-likeness (QED) is 0.816. The average Bonchev–Trinajstić information content (AvgIpc) is 2.59. The smallest absolute Gasteiger partial charge is 0.406 e. The minimum atomic E-state index is -4.94. The van der Waals surface area contributed by atoms with Crippen LogP contribution in [0.3, 0.4) is 0 Å². The number of benzene rings is 1. The van der Waals surface area contributed by atoms with Gasteiger partial charge in [0.05, 0.1) is 0 Å². The lowest BCUT2D eigenvalue weighted by Gasteiger charge is -2.15. The number of hydrogen-bond donors (Lipinski definition) is 2. The fraction of sp³-hybridized carbons (Fsp3) is 0.182. The lowest BCUT2D eigenvalue weighted by atomic mass is 9.98. The maximum absolute atomic E-state index is 13.0. The zero-order valence-electron chi connectivity index (χ0n) is 8.75.